The maximum Gasteiger partial charge on any atom is 0.323 e. The Morgan fingerprint density at radius 1 is 0.979 bits per heavy atom. The van der Waals surface area contributed by atoms with E-state index in [1.165, 1.54) is 11.5 Å². The molecule has 1 saturated carbocycles. The molecule has 1 aliphatic rings. The van der Waals surface area contributed by atoms with E-state index in [2.05, 4.69) is 31.2 Å². The SMILES string of the molecule is Cn1cc(-c2ccc(N(C(=O)NCc3ccccc3)C3CCC(Nc4ncc(C#N)c(-c5ccc6sncc6c5)n4)CC3)nc2)cn1. The van der Waals surface area contributed by atoms with Crippen molar-refractivity contribution in [1.29, 1.82) is 5.26 Å². The van der Waals surface area contributed by atoms with Gasteiger partial charge >= 0.3 is 6.03 Å². The largest absolute Gasteiger partial charge is 0.351 e. The zero-order chi connectivity index (χ0) is 32.2. The molecule has 0 spiro atoms. The molecule has 1 aliphatic carbocycles. The predicted octanol–water partition coefficient (Wildman–Crippen LogP) is 6.56. The van der Waals surface area contributed by atoms with Gasteiger partial charge in [0.15, 0.2) is 0 Å². The van der Waals surface area contributed by atoms with Gasteiger partial charge < -0.3 is 10.6 Å². The summed E-state index contributed by atoms with van der Waals surface area (Å²) in [7, 11) is 1.88. The lowest BCUT2D eigenvalue weighted by molar-refractivity contribution is 0.240. The van der Waals surface area contributed by atoms with Crippen molar-refractivity contribution in [2.45, 2.75) is 44.3 Å². The summed E-state index contributed by atoms with van der Waals surface area (Å²) in [6.07, 6.45) is 12.1. The molecule has 2 N–H and O–H groups in total. The second-order valence-corrected chi connectivity index (χ2v) is 12.5. The highest BCUT2D eigenvalue weighted by Crippen LogP contribution is 2.31. The van der Waals surface area contributed by atoms with E-state index in [0.717, 1.165) is 58.0 Å². The number of rotatable bonds is 8. The second kappa shape index (κ2) is 13.4. The molecular formula is C35H32N10OS. The Morgan fingerprint density at radius 3 is 2.55 bits per heavy atom. The standard InChI is InChI=1S/C35H32N10OS/c1-44-22-28(20-40-44)25-8-14-32(37-18-25)45(35(46)39-17-23-5-3-2-4-6-23)30-11-9-29(10-12-30)42-34-38-19-27(16-36)33(43-34)24-7-13-31-26(15-24)21-41-47-31/h2-8,13-15,18-22,29-30H,9-12,17H2,1H3,(H,39,46)(H,38,42,43). The van der Waals surface area contributed by atoms with Gasteiger partial charge in [-0.1, -0.05) is 36.4 Å². The fourth-order valence-corrected chi connectivity index (χ4v) is 6.64. The molecule has 0 unspecified atom stereocenters. The van der Waals surface area contributed by atoms with Crippen LogP contribution in [0.3, 0.4) is 0 Å². The summed E-state index contributed by atoms with van der Waals surface area (Å²) in [5, 5.41) is 21.6. The van der Waals surface area contributed by atoms with Gasteiger partial charge in [-0.25, -0.2) is 19.7 Å². The number of nitrogens with zero attached hydrogens (tertiary/aromatic N) is 8. The number of fused-ring (bicyclic) bond motifs is 1. The number of anilines is 2. The summed E-state index contributed by atoms with van der Waals surface area (Å²) in [5.74, 6) is 1.09. The van der Waals surface area contributed by atoms with Gasteiger partial charge in [0.05, 0.1) is 28.4 Å². The van der Waals surface area contributed by atoms with E-state index in [-0.39, 0.29) is 18.1 Å². The number of aryl methyl sites for hydroxylation is 1. The van der Waals surface area contributed by atoms with Crippen molar-refractivity contribution in [1.82, 2.24) is 34.4 Å². The first-order valence-electron chi connectivity index (χ1n) is 15.5. The third kappa shape index (κ3) is 6.66. The van der Waals surface area contributed by atoms with E-state index >= 15 is 0 Å². The minimum atomic E-state index is -0.176. The van der Waals surface area contributed by atoms with Crippen LogP contribution in [0.25, 0.3) is 32.5 Å². The van der Waals surface area contributed by atoms with Crippen LogP contribution in [0.2, 0.25) is 0 Å². The number of amides is 2. The molecule has 12 heteroatoms. The van der Waals surface area contributed by atoms with Crippen molar-refractivity contribution >= 4 is 39.4 Å². The van der Waals surface area contributed by atoms with Gasteiger partial charge in [-0.05, 0) is 67.0 Å². The number of carbonyl (C=O) groups is 1. The highest BCUT2D eigenvalue weighted by molar-refractivity contribution is 7.13. The predicted molar refractivity (Wildman–Crippen MR) is 183 cm³/mol. The van der Waals surface area contributed by atoms with Crippen molar-refractivity contribution < 1.29 is 4.79 Å². The van der Waals surface area contributed by atoms with Crippen molar-refractivity contribution in [3.8, 4) is 28.5 Å². The molecule has 4 heterocycles. The molecule has 47 heavy (non-hydrogen) atoms. The third-order valence-electron chi connectivity index (χ3n) is 8.47. The van der Waals surface area contributed by atoms with Crippen LogP contribution in [0.15, 0.2) is 91.6 Å². The van der Waals surface area contributed by atoms with Crippen LogP contribution in [0.5, 0.6) is 0 Å². The summed E-state index contributed by atoms with van der Waals surface area (Å²) in [6.45, 7) is 0.426. The molecule has 0 saturated heterocycles. The monoisotopic (exact) mass is 640 g/mol. The Balaban J connectivity index is 1.07. The van der Waals surface area contributed by atoms with E-state index in [1.807, 2.05) is 80.1 Å². The van der Waals surface area contributed by atoms with E-state index < -0.39 is 0 Å². The van der Waals surface area contributed by atoms with Crippen LogP contribution in [-0.2, 0) is 13.6 Å². The smallest absolute Gasteiger partial charge is 0.323 e. The van der Waals surface area contributed by atoms with E-state index in [0.29, 0.717) is 29.6 Å². The maximum absolute atomic E-state index is 13.7. The molecule has 0 aliphatic heterocycles. The van der Waals surface area contributed by atoms with Gasteiger partial charge in [0.1, 0.15) is 11.9 Å². The Bertz CT molecular complexity index is 2040. The average molecular weight is 641 g/mol. The van der Waals surface area contributed by atoms with Crippen LogP contribution < -0.4 is 15.5 Å². The van der Waals surface area contributed by atoms with Crippen LogP contribution >= 0.6 is 11.5 Å². The van der Waals surface area contributed by atoms with Gasteiger partial charge in [-0.3, -0.25) is 9.58 Å². The van der Waals surface area contributed by atoms with Crippen molar-refractivity contribution in [2.75, 3.05) is 10.2 Å². The lowest BCUT2D eigenvalue weighted by atomic mass is 9.90. The van der Waals surface area contributed by atoms with Crippen LogP contribution in [-0.4, -0.2) is 47.2 Å². The van der Waals surface area contributed by atoms with Crippen LogP contribution in [0.4, 0.5) is 16.6 Å². The molecule has 1 fully saturated rings. The number of nitrogens with one attached hydrogen (secondary N) is 2. The first kappa shape index (κ1) is 30.0. The Kier molecular flexibility index (Phi) is 8.53. The number of aromatic nitrogens is 6. The van der Waals surface area contributed by atoms with Gasteiger partial charge in [-0.2, -0.15) is 14.7 Å². The van der Waals surface area contributed by atoms with E-state index in [9.17, 15) is 10.1 Å². The van der Waals surface area contributed by atoms with E-state index in [4.69, 9.17) is 9.97 Å². The van der Waals surface area contributed by atoms with Gasteiger partial charge in [0, 0.05) is 66.3 Å². The molecule has 0 atom stereocenters. The molecule has 234 valence electrons. The normalized spacial score (nSPS) is 16.0. The minimum absolute atomic E-state index is 0.0380. The molecule has 2 aromatic carbocycles. The zero-order valence-electron chi connectivity index (χ0n) is 25.7. The lowest BCUT2D eigenvalue weighted by Gasteiger charge is -2.36. The average Bonchev–Trinajstić information content (AvgIpc) is 3.77. The van der Waals surface area contributed by atoms with Crippen LogP contribution in [0.1, 0.15) is 36.8 Å². The van der Waals surface area contributed by atoms with Gasteiger partial charge in [0.2, 0.25) is 5.95 Å². The molecule has 7 rings (SSSR count). The van der Waals surface area contributed by atoms with Gasteiger partial charge in [0.25, 0.3) is 0 Å². The maximum atomic E-state index is 13.7. The number of carbonyl (C=O) groups excluding carboxylic acids is 1. The van der Waals surface area contributed by atoms with Crippen molar-refractivity contribution in [3.63, 3.8) is 0 Å². The number of hydrogen-bond acceptors (Lipinski definition) is 9. The van der Waals surface area contributed by atoms with Crippen LogP contribution in [0, 0.1) is 11.3 Å². The molecule has 2 amide bonds. The Labute approximate surface area is 276 Å². The number of urea groups is 1. The highest BCUT2D eigenvalue weighted by atomic mass is 32.1. The Hall–Kier alpha value is -5.67. The zero-order valence-corrected chi connectivity index (χ0v) is 26.6. The quantitative estimate of drug-likeness (QED) is 0.191. The lowest BCUT2D eigenvalue weighted by Crippen LogP contribution is -2.49. The summed E-state index contributed by atoms with van der Waals surface area (Å²) in [4.78, 5) is 29.5. The van der Waals surface area contributed by atoms with E-state index in [1.54, 1.807) is 28.2 Å². The summed E-state index contributed by atoms with van der Waals surface area (Å²) in [6, 6.07) is 21.9. The second-order valence-electron chi connectivity index (χ2n) is 11.6. The number of nitriles is 1. The molecule has 0 radical (unpaired) electrons. The number of benzene rings is 2. The fourth-order valence-electron chi connectivity index (χ4n) is 6.02. The first-order chi connectivity index (χ1) is 23.0. The molecule has 4 aromatic heterocycles. The molecule has 11 nitrogen and oxygen atoms in total. The molecular weight excluding hydrogens is 609 g/mol. The summed E-state index contributed by atoms with van der Waals surface area (Å²) in [5.41, 5.74) is 4.79. The van der Waals surface area contributed by atoms with Crippen molar-refractivity contribution in [2.24, 2.45) is 7.05 Å². The first-order valence-corrected chi connectivity index (χ1v) is 16.3. The summed E-state index contributed by atoms with van der Waals surface area (Å²) >= 11 is 1.44. The third-order valence-corrected chi connectivity index (χ3v) is 9.25. The number of pyridine rings is 1. The minimum Gasteiger partial charge on any atom is -0.351 e. The fraction of sp³-hybridized carbons (Fsp3) is 0.229. The summed E-state index contributed by atoms with van der Waals surface area (Å²) < 4.78 is 7.10. The van der Waals surface area contributed by atoms with Crippen molar-refractivity contribution in [3.05, 3.63) is 103 Å². The molecule has 6 aromatic rings. The molecule has 0 bridgehead atoms. The highest BCUT2D eigenvalue weighted by Gasteiger charge is 2.31. The topological polar surface area (TPSA) is 138 Å². The van der Waals surface area contributed by atoms with Gasteiger partial charge in [-0.15, -0.1) is 0 Å². The number of hydrogen-bond donors (Lipinski definition) is 2. The Morgan fingerprint density at radius 2 is 1.81 bits per heavy atom.